The Balaban J connectivity index is 3.15. The van der Waals surface area contributed by atoms with Crippen LogP contribution >= 0.6 is 0 Å². The molecule has 0 radical (unpaired) electrons. The van der Waals surface area contributed by atoms with Crippen LogP contribution in [-0.4, -0.2) is 25.0 Å². The van der Waals surface area contributed by atoms with Gasteiger partial charge in [0.25, 0.3) is 0 Å². The normalized spacial score (nSPS) is 10.5. The van der Waals surface area contributed by atoms with Crippen LogP contribution in [0.15, 0.2) is 0 Å². The Morgan fingerprint density at radius 1 is 0.545 bits per heavy atom. The van der Waals surface area contributed by atoms with Crippen molar-refractivity contribution in [1.82, 2.24) is 4.90 Å². The van der Waals surface area contributed by atoms with Gasteiger partial charge >= 0.3 is 0 Å². The monoisotopic (exact) mass is 305 g/mol. The van der Waals surface area contributed by atoms with Gasteiger partial charge in [-0.05, 0) is 45.8 Å². The van der Waals surface area contributed by atoms with Crippen LogP contribution < -0.4 is 0 Å². The van der Waals surface area contributed by atoms with E-state index in [4.69, 9.17) is 10.5 Å². The summed E-state index contributed by atoms with van der Waals surface area (Å²) in [6.07, 6.45) is 16.5. The average molecular weight is 306 g/mol. The molecule has 3 nitrogen and oxygen atoms in total. The number of unbranched alkanes of at least 4 members (excludes halogenated alkanes) is 12. The Morgan fingerprint density at radius 3 is 1.23 bits per heavy atom. The van der Waals surface area contributed by atoms with Gasteiger partial charge in [-0.1, -0.05) is 51.4 Å². The number of rotatable bonds is 16. The molecule has 0 saturated heterocycles. The summed E-state index contributed by atoms with van der Waals surface area (Å²) in [5.41, 5.74) is 0. The van der Waals surface area contributed by atoms with Gasteiger partial charge in [0.05, 0.1) is 12.1 Å². The molecule has 0 heterocycles. The van der Waals surface area contributed by atoms with Gasteiger partial charge < -0.3 is 4.90 Å². The lowest BCUT2D eigenvalue weighted by molar-refractivity contribution is 0.314. The summed E-state index contributed by atoms with van der Waals surface area (Å²) in [6.45, 7) is 2.45. The lowest BCUT2D eigenvalue weighted by Crippen LogP contribution is -2.20. The van der Waals surface area contributed by atoms with Gasteiger partial charge in [-0.15, -0.1) is 0 Å². The molecule has 0 aromatic carbocycles. The standard InChI is InChI=1S/C19H35N3/c1-22(18-14-10-6-2-4-8-12-16-20)19-15-11-7-3-5-9-13-17-21/h2-15,18-19H2,1H3. The maximum atomic E-state index is 8.45. The fourth-order valence-electron chi connectivity index (χ4n) is 2.70. The van der Waals surface area contributed by atoms with Crippen LogP contribution in [0.2, 0.25) is 0 Å². The van der Waals surface area contributed by atoms with E-state index in [1.807, 2.05) is 0 Å². The average Bonchev–Trinajstić information content (AvgIpc) is 2.52. The van der Waals surface area contributed by atoms with E-state index in [1.165, 1.54) is 77.3 Å². The lowest BCUT2D eigenvalue weighted by Gasteiger charge is -2.16. The number of nitrogens with zero attached hydrogens (tertiary/aromatic N) is 3. The van der Waals surface area contributed by atoms with E-state index in [1.54, 1.807) is 0 Å². The molecule has 126 valence electrons. The molecule has 0 bridgehead atoms. The maximum absolute atomic E-state index is 8.45. The van der Waals surface area contributed by atoms with Gasteiger partial charge in [-0.3, -0.25) is 0 Å². The van der Waals surface area contributed by atoms with E-state index < -0.39 is 0 Å². The second-order valence-corrected chi connectivity index (χ2v) is 6.36. The Labute approximate surface area is 138 Å². The minimum absolute atomic E-state index is 0.723. The van der Waals surface area contributed by atoms with Crippen LogP contribution in [0.3, 0.4) is 0 Å². The first-order valence-corrected chi connectivity index (χ1v) is 9.23. The van der Waals surface area contributed by atoms with Crippen LogP contribution in [0, 0.1) is 22.7 Å². The highest BCUT2D eigenvalue weighted by molar-refractivity contribution is 4.68. The zero-order valence-electron chi connectivity index (χ0n) is 14.7. The summed E-state index contributed by atoms with van der Waals surface area (Å²) in [5, 5.41) is 16.9. The fraction of sp³-hybridized carbons (Fsp3) is 0.895. The van der Waals surface area contributed by atoms with E-state index in [9.17, 15) is 0 Å². The number of nitriles is 2. The molecule has 22 heavy (non-hydrogen) atoms. The first kappa shape index (κ1) is 20.9. The van der Waals surface area contributed by atoms with E-state index in [-0.39, 0.29) is 0 Å². The second-order valence-electron chi connectivity index (χ2n) is 6.36. The third-order valence-corrected chi connectivity index (χ3v) is 4.16. The fourth-order valence-corrected chi connectivity index (χ4v) is 2.70. The van der Waals surface area contributed by atoms with Crippen molar-refractivity contribution < 1.29 is 0 Å². The molecule has 0 amide bonds. The molecule has 0 saturated carbocycles. The van der Waals surface area contributed by atoms with Crippen LogP contribution in [0.1, 0.15) is 89.9 Å². The summed E-state index contributed by atoms with van der Waals surface area (Å²) in [5.74, 6) is 0. The quantitative estimate of drug-likeness (QED) is 0.357. The first-order valence-electron chi connectivity index (χ1n) is 9.23. The molecular formula is C19H35N3. The van der Waals surface area contributed by atoms with E-state index in [2.05, 4.69) is 24.1 Å². The predicted molar refractivity (Wildman–Crippen MR) is 93.4 cm³/mol. The topological polar surface area (TPSA) is 50.8 Å². The molecule has 0 unspecified atom stereocenters. The van der Waals surface area contributed by atoms with Crippen molar-refractivity contribution in [1.29, 1.82) is 10.5 Å². The Kier molecular flexibility index (Phi) is 17.1. The molecule has 0 aromatic rings. The van der Waals surface area contributed by atoms with Crippen molar-refractivity contribution in [2.75, 3.05) is 20.1 Å². The molecule has 0 fully saturated rings. The summed E-state index contributed by atoms with van der Waals surface area (Å²) >= 11 is 0. The number of hydrogen-bond acceptors (Lipinski definition) is 3. The van der Waals surface area contributed by atoms with Crippen molar-refractivity contribution >= 4 is 0 Å². The maximum Gasteiger partial charge on any atom is 0.0621 e. The highest BCUT2D eigenvalue weighted by Gasteiger charge is 1.99. The molecule has 0 atom stereocenters. The van der Waals surface area contributed by atoms with Gasteiger partial charge in [0.15, 0.2) is 0 Å². The van der Waals surface area contributed by atoms with Crippen LogP contribution in [0.25, 0.3) is 0 Å². The van der Waals surface area contributed by atoms with Crippen molar-refractivity contribution in [3.8, 4) is 12.1 Å². The predicted octanol–water partition coefficient (Wildman–Crippen LogP) is 5.43. The van der Waals surface area contributed by atoms with E-state index in [0.717, 1.165) is 25.7 Å². The molecule has 0 aliphatic heterocycles. The van der Waals surface area contributed by atoms with Crippen LogP contribution in [0.4, 0.5) is 0 Å². The summed E-state index contributed by atoms with van der Waals surface area (Å²) in [6, 6.07) is 4.41. The molecule has 3 heteroatoms. The van der Waals surface area contributed by atoms with Crippen molar-refractivity contribution in [2.45, 2.75) is 89.9 Å². The largest absolute Gasteiger partial charge is 0.306 e. The molecular weight excluding hydrogens is 270 g/mol. The van der Waals surface area contributed by atoms with Crippen LogP contribution in [0.5, 0.6) is 0 Å². The molecule has 0 aliphatic carbocycles. The van der Waals surface area contributed by atoms with Gasteiger partial charge in [-0.25, -0.2) is 0 Å². The minimum atomic E-state index is 0.723. The van der Waals surface area contributed by atoms with Gasteiger partial charge in [0, 0.05) is 12.8 Å². The number of hydrogen-bond donors (Lipinski definition) is 0. The summed E-state index contributed by atoms with van der Waals surface area (Å²) in [4.78, 5) is 2.46. The first-order chi connectivity index (χ1) is 10.8. The second kappa shape index (κ2) is 18.0. The van der Waals surface area contributed by atoms with Gasteiger partial charge in [0.1, 0.15) is 0 Å². The summed E-state index contributed by atoms with van der Waals surface area (Å²) < 4.78 is 0. The Bertz CT molecular complexity index is 271. The van der Waals surface area contributed by atoms with E-state index >= 15 is 0 Å². The smallest absolute Gasteiger partial charge is 0.0621 e. The van der Waals surface area contributed by atoms with Crippen LogP contribution in [-0.2, 0) is 0 Å². The molecule has 0 aliphatic rings. The SMILES string of the molecule is CN(CCCCCCCCC#N)CCCCCCCCC#N. The Hall–Kier alpha value is -1.06. The summed E-state index contributed by atoms with van der Waals surface area (Å²) in [7, 11) is 2.24. The third-order valence-electron chi connectivity index (χ3n) is 4.16. The third kappa shape index (κ3) is 17.0. The van der Waals surface area contributed by atoms with E-state index in [0.29, 0.717) is 0 Å². The van der Waals surface area contributed by atoms with Crippen molar-refractivity contribution in [3.05, 3.63) is 0 Å². The molecule has 0 N–H and O–H groups in total. The zero-order valence-corrected chi connectivity index (χ0v) is 14.7. The van der Waals surface area contributed by atoms with Gasteiger partial charge in [-0.2, -0.15) is 10.5 Å². The highest BCUT2D eigenvalue weighted by atomic mass is 15.1. The molecule has 0 spiro atoms. The molecule has 0 rings (SSSR count). The van der Waals surface area contributed by atoms with Gasteiger partial charge in [0.2, 0.25) is 0 Å². The Morgan fingerprint density at radius 2 is 0.864 bits per heavy atom. The van der Waals surface area contributed by atoms with Crippen molar-refractivity contribution in [2.24, 2.45) is 0 Å². The zero-order chi connectivity index (χ0) is 16.3. The van der Waals surface area contributed by atoms with Crippen molar-refractivity contribution in [3.63, 3.8) is 0 Å². The lowest BCUT2D eigenvalue weighted by atomic mass is 10.1. The minimum Gasteiger partial charge on any atom is -0.306 e. The highest BCUT2D eigenvalue weighted by Crippen LogP contribution is 2.09. The molecule has 0 aromatic heterocycles.